The fourth-order valence-corrected chi connectivity index (χ4v) is 4.98. The first-order chi connectivity index (χ1) is 12.4. The molecule has 0 bridgehead atoms. The standard InChI is InChI=1S/C17H11ClI2N2O3S/c1-25-13-3-2-9(18)7-12(13)21-17-22-16(24)14(26-17)6-8-4-10(19)15(23)11(20)5-8/h2-7,23H,1H3,(H,21,22,24)/b14-6-. The average Bonchev–Trinajstić information content (AvgIpc) is 2.92. The Kier molecular flexibility index (Phi) is 6.36. The molecule has 0 unspecified atom stereocenters. The Morgan fingerprint density at radius 3 is 2.62 bits per heavy atom. The Balaban J connectivity index is 1.91. The zero-order valence-corrected chi connectivity index (χ0v) is 19.1. The number of phenolic OH excluding ortho intramolecular Hbond substituents is 1. The lowest BCUT2D eigenvalue weighted by Gasteiger charge is -2.05. The number of rotatable bonds is 3. The molecule has 2 N–H and O–H groups in total. The Morgan fingerprint density at radius 2 is 1.96 bits per heavy atom. The van der Waals surface area contributed by atoms with Gasteiger partial charge in [-0.1, -0.05) is 11.6 Å². The zero-order valence-electron chi connectivity index (χ0n) is 13.2. The predicted octanol–water partition coefficient (Wildman–Crippen LogP) is 5.16. The van der Waals surface area contributed by atoms with Crippen LogP contribution in [0.4, 0.5) is 5.69 Å². The summed E-state index contributed by atoms with van der Waals surface area (Å²) in [4.78, 5) is 17.2. The molecule has 1 heterocycles. The van der Waals surface area contributed by atoms with Crippen LogP contribution in [0.5, 0.6) is 11.5 Å². The van der Waals surface area contributed by atoms with Gasteiger partial charge in [0.1, 0.15) is 17.2 Å². The molecule has 0 aromatic heterocycles. The topological polar surface area (TPSA) is 70.9 Å². The molecule has 0 saturated carbocycles. The van der Waals surface area contributed by atoms with Gasteiger partial charge < -0.3 is 15.2 Å². The van der Waals surface area contributed by atoms with Crippen molar-refractivity contribution in [2.24, 2.45) is 4.99 Å². The monoisotopic (exact) mass is 612 g/mol. The number of phenols is 1. The number of nitrogens with one attached hydrogen (secondary N) is 1. The number of amides is 1. The second kappa shape index (κ2) is 8.36. The molecule has 3 rings (SSSR count). The molecule has 1 saturated heterocycles. The van der Waals surface area contributed by atoms with Crippen LogP contribution >= 0.6 is 68.5 Å². The molecule has 2 aromatic carbocycles. The molecule has 0 spiro atoms. The number of amidine groups is 1. The van der Waals surface area contributed by atoms with Gasteiger partial charge in [-0.2, -0.15) is 0 Å². The highest BCUT2D eigenvalue weighted by molar-refractivity contribution is 14.1. The highest BCUT2D eigenvalue weighted by Crippen LogP contribution is 2.35. The molecule has 9 heteroatoms. The van der Waals surface area contributed by atoms with Crippen molar-refractivity contribution in [1.29, 1.82) is 0 Å². The SMILES string of the molecule is COc1ccc(Cl)cc1N=C1NC(=O)/C(=C/c2cc(I)c(O)c(I)c2)S1. The lowest BCUT2D eigenvalue weighted by molar-refractivity contribution is -0.115. The molecule has 1 fully saturated rings. The molecule has 1 aliphatic heterocycles. The number of aliphatic imine (C=N–C) groups is 1. The van der Waals surface area contributed by atoms with Gasteiger partial charge in [-0.05, 0) is 98.9 Å². The normalized spacial score (nSPS) is 17.0. The molecule has 1 amide bonds. The number of methoxy groups -OCH3 is 1. The molecule has 1 aliphatic rings. The maximum atomic E-state index is 12.2. The third-order valence-electron chi connectivity index (χ3n) is 3.35. The highest BCUT2D eigenvalue weighted by Gasteiger charge is 2.24. The van der Waals surface area contributed by atoms with Crippen molar-refractivity contribution in [2.45, 2.75) is 0 Å². The number of ether oxygens (including phenoxy) is 1. The molecule has 0 radical (unpaired) electrons. The average molecular weight is 613 g/mol. The van der Waals surface area contributed by atoms with Crippen LogP contribution in [0.1, 0.15) is 5.56 Å². The third-order valence-corrected chi connectivity index (χ3v) is 6.14. The van der Waals surface area contributed by atoms with Crippen LogP contribution in [-0.2, 0) is 4.79 Å². The number of carbonyl (C=O) groups is 1. The van der Waals surface area contributed by atoms with Crippen molar-refractivity contribution in [1.82, 2.24) is 5.32 Å². The van der Waals surface area contributed by atoms with E-state index in [0.717, 1.165) is 12.7 Å². The maximum Gasteiger partial charge on any atom is 0.264 e. The van der Waals surface area contributed by atoms with Crippen molar-refractivity contribution in [3.8, 4) is 11.5 Å². The molecular weight excluding hydrogens is 602 g/mol. The Bertz CT molecular complexity index is 940. The van der Waals surface area contributed by atoms with Crippen molar-refractivity contribution < 1.29 is 14.6 Å². The van der Waals surface area contributed by atoms with E-state index in [0.29, 0.717) is 26.5 Å². The first kappa shape index (κ1) is 19.8. The summed E-state index contributed by atoms with van der Waals surface area (Å²) in [5.74, 6) is 0.580. The van der Waals surface area contributed by atoms with E-state index in [-0.39, 0.29) is 11.7 Å². The van der Waals surface area contributed by atoms with E-state index >= 15 is 0 Å². The number of aromatic hydroxyl groups is 1. The van der Waals surface area contributed by atoms with Crippen LogP contribution in [0.15, 0.2) is 40.2 Å². The number of halogens is 3. The van der Waals surface area contributed by atoms with Crippen LogP contribution in [0.3, 0.4) is 0 Å². The van der Waals surface area contributed by atoms with Crippen LogP contribution in [0.2, 0.25) is 5.02 Å². The minimum Gasteiger partial charge on any atom is -0.506 e. The fraction of sp³-hybridized carbons (Fsp3) is 0.0588. The number of nitrogens with zero attached hydrogens (tertiary/aromatic N) is 1. The summed E-state index contributed by atoms with van der Waals surface area (Å²) < 4.78 is 6.72. The second-order valence-corrected chi connectivity index (χ2v) is 8.92. The molecule has 0 atom stereocenters. The van der Waals surface area contributed by atoms with Gasteiger partial charge in [0.2, 0.25) is 0 Å². The summed E-state index contributed by atoms with van der Waals surface area (Å²) in [5, 5.41) is 13.6. The summed E-state index contributed by atoms with van der Waals surface area (Å²) in [6, 6.07) is 8.73. The van der Waals surface area contributed by atoms with E-state index in [1.165, 1.54) is 11.8 Å². The summed E-state index contributed by atoms with van der Waals surface area (Å²) in [7, 11) is 1.55. The number of hydrogen-bond donors (Lipinski definition) is 2. The minimum atomic E-state index is -0.229. The van der Waals surface area contributed by atoms with Gasteiger partial charge in [0.25, 0.3) is 5.91 Å². The summed E-state index contributed by atoms with van der Waals surface area (Å²) in [6.07, 6.45) is 1.77. The second-order valence-electron chi connectivity index (χ2n) is 5.13. The number of thioether (sulfide) groups is 1. The molecule has 5 nitrogen and oxygen atoms in total. The van der Waals surface area contributed by atoms with Crippen LogP contribution in [-0.4, -0.2) is 23.3 Å². The van der Waals surface area contributed by atoms with Crippen molar-refractivity contribution in [2.75, 3.05) is 7.11 Å². The summed E-state index contributed by atoms with van der Waals surface area (Å²) in [5.41, 5.74) is 1.37. The minimum absolute atomic E-state index is 0.229. The van der Waals surface area contributed by atoms with Gasteiger partial charge in [0.05, 0.1) is 19.2 Å². The van der Waals surface area contributed by atoms with Gasteiger partial charge in [0, 0.05) is 5.02 Å². The zero-order chi connectivity index (χ0) is 18.8. The summed E-state index contributed by atoms with van der Waals surface area (Å²) >= 11 is 11.4. The third kappa shape index (κ3) is 4.46. The smallest absolute Gasteiger partial charge is 0.264 e. The lowest BCUT2D eigenvalue weighted by Crippen LogP contribution is -2.19. The molecule has 134 valence electrons. The Morgan fingerprint density at radius 1 is 1.27 bits per heavy atom. The van der Waals surface area contributed by atoms with E-state index in [9.17, 15) is 9.90 Å². The van der Waals surface area contributed by atoms with Crippen LogP contribution in [0, 0.1) is 7.14 Å². The molecule has 0 aliphatic carbocycles. The van der Waals surface area contributed by atoms with Gasteiger partial charge in [-0.3, -0.25) is 4.79 Å². The van der Waals surface area contributed by atoms with Crippen LogP contribution in [0.25, 0.3) is 6.08 Å². The summed E-state index contributed by atoms with van der Waals surface area (Å²) in [6.45, 7) is 0. The van der Waals surface area contributed by atoms with E-state index in [2.05, 4.69) is 55.5 Å². The van der Waals surface area contributed by atoms with E-state index in [1.807, 2.05) is 12.1 Å². The Labute approximate surface area is 186 Å². The van der Waals surface area contributed by atoms with Gasteiger partial charge >= 0.3 is 0 Å². The van der Waals surface area contributed by atoms with Gasteiger partial charge in [-0.15, -0.1) is 0 Å². The lowest BCUT2D eigenvalue weighted by atomic mass is 10.2. The van der Waals surface area contributed by atoms with Gasteiger partial charge in [-0.25, -0.2) is 4.99 Å². The van der Waals surface area contributed by atoms with E-state index in [4.69, 9.17) is 16.3 Å². The number of benzene rings is 2. The molecular formula is C17H11ClI2N2O3S. The maximum absolute atomic E-state index is 12.2. The number of hydrogen-bond acceptors (Lipinski definition) is 5. The molecule has 2 aromatic rings. The quantitative estimate of drug-likeness (QED) is 0.372. The predicted molar refractivity (Wildman–Crippen MR) is 122 cm³/mol. The highest BCUT2D eigenvalue weighted by atomic mass is 127. The Hall–Kier alpha value is -0.980. The van der Waals surface area contributed by atoms with Gasteiger partial charge in [0.15, 0.2) is 5.17 Å². The van der Waals surface area contributed by atoms with Crippen molar-refractivity contribution in [3.63, 3.8) is 0 Å². The first-order valence-electron chi connectivity index (χ1n) is 7.18. The first-order valence-corrected chi connectivity index (χ1v) is 10.5. The molecule has 26 heavy (non-hydrogen) atoms. The van der Waals surface area contributed by atoms with Crippen molar-refractivity contribution in [3.05, 3.63) is 53.0 Å². The van der Waals surface area contributed by atoms with Crippen molar-refractivity contribution >= 4 is 91.4 Å². The number of carbonyl (C=O) groups excluding carboxylic acids is 1. The van der Waals surface area contributed by atoms with E-state index < -0.39 is 0 Å². The van der Waals surface area contributed by atoms with E-state index in [1.54, 1.807) is 31.4 Å². The fourth-order valence-electron chi connectivity index (χ4n) is 2.16. The van der Waals surface area contributed by atoms with Crippen LogP contribution < -0.4 is 10.1 Å². The largest absolute Gasteiger partial charge is 0.506 e.